The number of rotatable bonds is 4. The van der Waals surface area contributed by atoms with Crippen LogP contribution in [0, 0.1) is 0 Å². The maximum Gasteiger partial charge on any atom is 0.728 e. The van der Waals surface area contributed by atoms with Gasteiger partial charge in [0.1, 0.15) is 0 Å². The topological polar surface area (TPSA) is 27.7 Å². The van der Waals surface area contributed by atoms with Gasteiger partial charge in [-0.2, -0.15) is 0 Å². The highest BCUT2D eigenvalue weighted by Crippen LogP contribution is 2.24. The van der Waals surface area contributed by atoms with Gasteiger partial charge in [0, 0.05) is 7.11 Å². The van der Waals surface area contributed by atoms with Crippen molar-refractivity contribution in [3.05, 3.63) is 0 Å². The molecule has 0 rings (SSSR count). The van der Waals surface area contributed by atoms with Crippen LogP contribution in [0.2, 0.25) is 0 Å². The molecule has 12 heavy (non-hydrogen) atoms. The Hall–Kier alpha value is -0.253. The third kappa shape index (κ3) is 4.59. The van der Waals surface area contributed by atoms with Crippen LogP contribution in [0.5, 0.6) is 0 Å². The highest BCUT2D eigenvalue weighted by Gasteiger charge is 2.53. The first-order valence-electron chi connectivity index (χ1n) is 2.54. The molecule has 0 aliphatic carbocycles. The van der Waals surface area contributed by atoms with Crippen molar-refractivity contribution in [1.29, 1.82) is 0 Å². The van der Waals surface area contributed by atoms with Crippen LogP contribution in [-0.2, 0) is 13.3 Å². The van der Waals surface area contributed by atoms with Crippen molar-refractivity contribution in [3.8, 4) is 0 Å². The Morgan fingerprint density at radius 2 is 1.83 bits per heavy atom. The molecule has 0 bridgehead atoms. The normalized spacial score (nSPS) is 17.5. The molecule has 0 amide bonds. The molecule has 0 aromatic carbocycles. The van der Waals surface area contributed by atoms with Gasteiger partial charge < -0.3 is 8.85 Å². The summed E-state index contributed by atoms with van der Waals surface area (Å²) in [6.45, 7) is -1.74. The fraction of sp³-hybridized carbons (Fsp3) is 1.00. The van der Waals surface area contributed by atoms with Gasteiger partial charge in [-0.3, -0.25) is 4.43 Å². The molecule has 3 nitrogen and oxygen atoms in total. The summed E-state index contributed by atoms with van der Waals surface area (Å²) in [5.41, 5.74) is 0. The first-order valence-corrected chi connectivity index (χ1v) is 4.14. The molecule has 0 aromatic heterocycles. The molecular formula is C3H5F5O3Si. The predicted octanol–water partition coefficient (Wildman–Crippen LogP) is 1.52. The minimum Gasteiger partial charge on any atom is -0.351 e. The summed E-state index contributed by atoms with van der Waals surface area (Å²) in [6, 6.07) is 0. The van der Waals surface area contributed by atoms with Crippen LogP contribution in [0.1, 0.15) is 0 Å². The van der Waals surface area contributed by atoms with E-state index in [0.717, 1.165) is 0 Å². The van der Waals surface area contributed by atoms with Crippen molar-refractivity contribution in [2.24, 2.45) is 0 Å². The molecule has 1 unspecified atom stereocenters. The van der Waals surface area contributed by atoms with Crippen LogP contribution in [0.25, 0.3) is 0 Å². The molecule has 1 atom stereocenters. The van der Waals surface area contributed by atoms with E-state index in [2.05, 4.69) is 13.3 Å². The highest BCUT2D eigenvalue weighted by atomic mass is 28.4. The Morgan fingerprint density at radius 3 is 2.08 bits per heavy atom. The Kier molecular flexibility index (Phi) is 4.03. The number of hydrogen-bond acceptors (Lipinski definition) is 3. The first-order chi connectivity index (χ1) is 5.33. The van der Waals surface area contributed by atoms with E-state index in [-0.39, 0.29) is 0 Å². The van der Waals surface area contributed by atoms with E-state index in [1.54, 1.807) is 0 Å². The van der Waals surface area contributed by atoms with Crippen LogP contribution >= 0.6 is 0 Å². The molecule has 0 N–H and O–H groups in total. The van der Waals surface area contributed by atoms with Crippen LogP contribution in [0.15, 0.2) is 0 Å². The predicted molar refractivity (Wildman–Crippen MR) is 28.1 cm³/mol. The molecule has 0 aromatic rings. The lowest BCUT2D eigenvalue weighted by Crippen LogP contribution is -2.44. The lowest BCUT2D eigenvalue weighted by molar-refractivity contribution is -0.303. The summed E-state index contributed by atoms with van der Waals surface area (Å²) in [6.07, 6.45) is -5.24. The fourth-order valence-electron chi connectivity index (χ4n) is 0.333. The SMILES string of the molecule is CO[Si](F)(OCF)OC(F)(F)F. The maximum atomic E-state index is 12.5. The quantitative estimate of drug-likeness (QED) is 0.401. The van der Waals surface area contributed by atoms with E-state index in [9.17, 15) is 21.7 Å². The average Bonchev–Trinajstić information content (AvgIpc) is 1.84. The third-order valence-electron chi connectivity index (χ3n) is 0.708. The van der Waals surface area contributed by atoms with Gasteiger partial charge >= 0.3 is 15.5 Å². The number of alkyl halides is 4. The van der Waals surface area contributed by atoms with Gasteiger partial charge in [0.05, 0.1) is 0 Å². The minimum absolute atomic E-state index is 0.591. The second-order valence-corrected chi connectivity index (χ2v) is 3.35. The molecule has 74 valence electrons. The van der Waals surface area contributed by atoms with Gasteiger partial charge in [0.15, 0.2) is 6.86 Å². The van der Waals surface area contributed by atoms with E-state index >= 15 is 0 Å². The summed E-state index contributed by atoms with van der Waals surface area (Å²) in [5, 5.41) is 0. The molecule has 0 spiro atoms. The van der Waals surface area contributed by atoms with Gasteiger partial charge in [-0.05, 0) is 0 Å². The minimum atomic E-state index is -5.36. The van der Waals surface area contributed by atoms with E-state index < -0.39 is 22.4 Å². The molecule has 0 heterocycles. The van der Waals surface area contributed by atoms with E-state index in [1.807, 2.05) is 0 Å². The van der Waals surface area contributed by atoms with Crippen LogP contribution in [0.4, 0.5) is 21.7 Å². The van der Waals surface area contributed by atoms with Crippen molar-refractivity contribution >= 4 is 9.14 Å². The zero-order chi connectivity index (χ0) is 9.83. The van der Waals surface area contributed by atoms with E-state index in [4.69, 9.17) is 0 Å². The smallest absolute Gasteiger partial charge is 0.351 e. The second-order valence-electron chi connectivity index (χ2n) is 1.49. The van der Waals surface area contributed by atoms with Crippen molar-refractivity contribution in [2.45, 2.75) is 6.36 Å². The van der Waals surface area contributed by atoms with Gasteiger partial charge in [0.25, 0.3) is 0 Å². The zero-order valence-corrected chi connectivity index (χ0v) is 6.82. The largest absolute Gasteiger partial charge is 0.728 e. The summed E-state index contributed by atoms with van der Waals surface area (Å²) < 4.78 is 67.7. The van der Waals surface area contributed by atoms with Crippen LogP contribution in [-0.4, -0.2) is 29.5 Å². The molecule has 9 heteroatoms. The third-order valence-corrected chi connectivity index (χ3v) is 2.13. The summed E-state index contributed by atoms with van der Waals surface area (Å²) in [7, 11) is -4.77. The number of hydrogen-bond donors (Lipinski definition) is 0. The lowest BCUT2D eigenvalue weighted by Gasteiger charge is -2.18. The second kappa shape index (κ2) is 4.12. The molecule has 0 radical (unpaired) electrons. The molecule has 0 saturated carbocycles. The summed E-state index contributed by atoms with van der Waals surface area (Å²) in [5.74, 6) is 0. The van der Waals surface area contributed by atoms with Crippen molar-refractivity contribution in [1.82, 2.24) is 0 Å². The Balaban J connectivity index is 4.14. The first kappa shape index (κ1) is 11.7. The summed E-state index contributed by atoms with van der Waals surface area (Å²) in [4.78, 5) is 0. The Labute approximate surface area is 65.6 Å². The van der Waals surface area contributed by atoms with Crippen LogP contribution < -0.4 is 0 Å². The Bertz CT molecular complexity index is 140. The zero-order valence-electron chi connectivity index (χ0n) is 5.82. The molecule has 0 aliphatic rings. The van der Waals surface area contributed by atoms with Crippen LogP contribution in [0.3, 0.4) is 0 Å². The lowest BCUT2D eigenvalue weighted by atomic mass is 11.4. The average molecular weight is 212 g/mol. The summed E-state index contributed by atoms with van der Waals surface area (Å²) >= 11 is 0. The van der Waals surface area contributed by atoms with E-state index in [0.29, 0.717) is 7.11 Å². The molecule has 0 saturated heterocycles. The van der Waals surface area contributed by atoms with Gasteiger partial charge in [-0.25, -0.2) is 8.50 Å². The van der Waals surface area contributed by atoms with E-state index in [1.165, 1.54) is 0 Å². The molecular weight excluding hydrogens is 207 g/mol. The molecule has 0 aliphatic heterocycles. The van der Waals surface area contributed by atoms with Gasteiger partial charge in [-0.1, -0.05) is 0 Å². The van der Waals surface area contributed by atoms with Crippen molar-refractivity contribution in [3.63, 3.8) is 0 Å². The van der Waals surface area contributed by atoms with Crippen molar-refractivity contribution in [2.75, 3.05) is 14.0 Å². The Morgan fingerprint density at radius 1 is 1.33 bits per heavy atom. The highest BCUT2D eigenvalue weighted by molar-refractivity contribution is 6.52. The maximum absolute atomic E-state index is 12.5. The fourth-order valence-corrected chi connectivity index (χ4v) is 1.00. The van der Waals surface area contributed by atoms with Gasteiger partial charge in [0.2, 0.25) is 0 Å². The monoisotopic (exact) mass is 212 g/mol. The molecule has 0 fully saturated rings. The number of halogens is 5. The van der Waals surface area contributed by atoms with Gasteiger partial charge in [-0.15, -0.1) is 13.2 Å². The van der Waals surface area contributed by atoms with Crippen molar-refractivity contribution < 1.29 is 34.9 Å². The standard InChI is InChI=1S/C3H5F5O3Si/c1-9-12(8,10-2-4)11-3(5,6)7/h2H2,1H3.